The molecule has 0 saturated carbocycles. The minimum absolute atomic E-state index is 0.0660. The molecule has 13 heavy (non-hydrogen) atoms. The fourth-order valence-electron chi connectivity index (χ4n) is 1.33. The van der Waals surface area contributed by atoms with Gasteiger partial charge in [0.2, 0.25) is 0 Å². The van der Waals surface area contributed by atoms with Crippen LogP contribution in [0.15, 0.2) is 10.9 Å². The van der Waals surface area contributed by atoms with E-state index in [4.69, 9.17) is 52.8 Å². The fraction of sp³-hybridized carbons (Fsp3) is 0.667. The molecule has 2 N–H and O–H groups in total. The number of hydrogen-bond acceptors (Lipinski definition) is 1. The molecule has 0 amide bonds. The Hall–Kier alpha value is 0.0896. The minimum Gasteiger partial charge on any atom is -0.328 e. The molecule has 1 unspecified atom stereocenters. The Morgan fingerprint density at radius 1 is 1.08 bits per heavy atom. The third kappa shape index (κ3) is 1.68. The van der Waals surface area contributed by atoms with Crippen LogP contribution in [0.3, 0.4) is 0 Å². The molecule has 7 heteroatoms. The highest BCUT2D eigenvalue weighted by Gasteiger charge is 2.37. The molecule has 0 bridgehead atoms. The van der Waals surface area contributed by atoms with Crippen LogP contribution in [0.2, 0.25) is 10.4 Å². The van der Waals surface area contributed by atoms with Gasteiger partial charge in [0.25, 0.3) is 0 Å². The van der Waals surface area contributed by atoms with Crippen LogP contribution in [0.5, 0.6) is 0 Å². The van der Waals surface area contributed by atoms with Crippen molar-refractivity contribution in [2.75, 3.05) is 0 Å². The third-order valence-corrected chi connectivity index (χ3v) is 2.43. The van der Waals surface area contributed by atoms with E-state index in [0.29, 0.717) is 0 Å². The summed E-state index contributed by atoms with van der Waals surface area (Å²) in [5.74, 6) is 0. The SMILES string of the molecule is [B]C1=C([B])C([B])([B])C(N)CC1([B])[B]. The van der Waals surface area contributed by atoms with Crippen LogP contribution >= 0.6 is 0 Å². The van der Waals surface area contributed by atoms with Crippen molar-refractivity contribution < 1.29 is 0 Å². The molecule has 0 fully saturated rings. The summed E-state index contributed by atoms with van der Waals surface area (Å²) in [6, 6.07) is -0.602. The van der Waals surface area contributed by atoms with E-state index in [2.05, 4.69) is 0 Å². The standard InChI is InChI=1S/C6H5B6N/c7-3-4(8)6(11,12)2(13)1-5(3,9)10/h2H,1,13H2. The molecule has 12 radical (unpaired) electrons. The van der Waals surface area contributed by atoms with Crippen molar-refractivity contribution >= 4 is 47.1 Å². The Labute approximate surface area is 87.1 Å². The lowest BCUT2D eigenvalue weighted by Crippen LogP contribution is -2.46. The number of nitrogens with two attached hydrogens (primary N) is 1. The molecule has 0 aromatic heterocycles. The van der Waals surface area contributed by atoms with Gasteiger partial charge in [-0.25, -0.2) is 0 Å². The van der Waals surface area contributed by atoms with E-state index < -0.39 is 16.5 Å². The highest BCUT2D eigenvalue weighted by Crippen LogP contribution is 2.47. The van der Waals surface area contributed by atoms with Gasteiger partial charge in [-0.1, -0.05) is 10.4 Å². The van der Waals surface area contributed by atoms with Crippen molar-refractivity contribution in [2.24, 2.45) is 5.73 Å². The lowest BCUT2D eigenvalue weighted by molar-refractivity contribution is 0.539. The summed E-state index contributed by atoms with van der Waals surface area (Å²) in [6.07, 6.45) is 0.201. The first-order chi connectivity index (χ1) is 5.69. The van der Waals surface area contributed by atoms with Crippen LogP contribution in [-0.4, -0.2) is 53.1 Å². The first-order valence-electron chi connectivity index (χ1n) is 3.87. The van der Waals surface area contributed by atoms with Gasteiger partial charge in [-0.15, -0.1) is 10.9 Å². The summed E-state index contributed by atoms with van der Waals surface area (Å²) in [4.78, 5) is 0. The molecular formula is C6H5B6N. The zero-order valence-electron chi connectivity index (χ0n) is 7.33. The summed E-state index contributed by atoms with van der Waals surface area (Å²) in [7, 11) is 33.8. The maximum Gasteiger partial charge on any atom is 0.105 e. The summed E-state index contributed by atoms with van der Waals surface area (Å²) >= 11 is 0. The second kappa shape index (κ2) is 3.05. The summed E-state index contributed by atoms with van der Waals surface area (Å²) in [6.45, 7) is 0. The topological polar surface area (TPSA) is 26.0 Å². The number of allylic oxidation sites excluding steroid dienone is 1. The quantitative estimate of drug-likeness (QED) is 0.410. The van der Waals surface area contributed by atoms with Crippen LogP contribution in [0.4, 0.5) is 0 Å². The molecule has 52 valence electrons. The van der Waals surface area contributed by atoms with E-state index in [-0.39, 0.29) is 17.4 Å². The van der Waals surface area contributed by atoms with Crippen molar-refractivity contribution in [2.45, 2.75) is 22.9 Å². The molecule has 0 aromatic carbocycles. The van der Waals surface area contributed by atoms with Crippen LogP contribution < -0.4 is 5.73 Å². The molecular weight excluding hydrogens is 151 g/mol. The first-order valence-corrected chi connectivity index (χ1v) is 3.87. The molecule has 0 saturated heterocycles. The zero-order valence-corrected chi connectivity index (χ0v) is 7.33. The van der Waals surface area contributed by atoms with Crippen LogP contribution in [0, 0.1) is 0 Å². The van der Waals surface area contributed by atoms with Crippen LogP contribution in [0.25, 0.3) is 0 Å². The second-order valence-electron chi connectivity index (χ2n) is 3.61. The molecule has 1 aliphatic rings. The highest BCUT2D eigenvalue weighted by molar-refractivity contribution is 6.55. The van der Waals surface area contributed by atoms with E-state index in [1.807, 2.05) is 0 Å². The summed E-state index contributed by atoms with van der Waals surface area (Å²) in [5.41, 5.74) is 5.84. The van der Waals surface area contributed by atoms with Gasteiger partial charge >= 0.3 is 0 Å². The molecule has 1 aliphatic carbocycles. The Balaban J connectivity index is 3.20. The summed E-state index contributed by atoms with van der Waals surface area (Å²) < 4.78 is 0. The monoisotopic (exact) mass is 157 g/mol. The average Bonchev–Trinajstić information content (AvgIpc) is 1.98. The van der Waals surface area contributed by atoms with Gasteiger partial charge in [-0.05, 0) is 12.5 Å². The molecule has 1 atom stereocenters. The van der Waals surface area contributed by atoms with Gasteiger partial charge < -0.3 is 5.73 Å². The predicted octanol–water partition coefficient (Wildman–Crippen LogP) is -1.83. The predicted molar refractivity (Wildman–Crippen MR) is 59.5 cm³/mol. The van der Waals surface area contributed by atoms with Crippen molar-refractivity contribution in [3.05, 3.63) is 10.9 Å². The van der Waals surface area contributed by atoms with Crippen molar-refractivity contribution in [1.29, 1.82) is 0 Å². The van der Waals surface area contributed by atoms with Crippen molar-refractivity contribution in [3.8, 4) is 0 Å². The fourth-order valence-corrected chi connectivity index (χ4v) is 1.33. The molecule has 0 heterocycles. The van der Waals surface area contributed by atoms with E-state index in [0.717, 1.165) is 0 Å². The third-order valence-electron chi connectivity index (χ3n) is 2.43. The van der Waals surface area contributed by atoms with Gasteiger partial charge in [-0.2, -0.15) is 0 Å². The van der Waals surface area contributed by atoms with E-state index in [9.17, 15) is 0 Å². The molecule has 1 rings (SSSR count). The van der Waals surface area contributed by atoms with Crippen molar-refractivity contribution in [3.63, 3.8) is 0 Å². The molecule has 0 spiro atoms. The Morgan fingerprint density at radius 2 is 1.54 bits per heavy atom. The average molecular weight is 156 g/mol. The normalized spacial score (nSPS) is 31.6. The maximum atomic E-state index is 5.66. The molecule has 0 aliphatic heterocycles. The van der Waals surface area contributed by atoms with Crippen molar-refractivity contribution in [1.82, 2.24) is 0 Å². The van der Waals surface area contributed by atoms with E-state index in [1.54, 1.807) is 0 Å². The minimum atomic E-state index is -1.33. The Kier molecular flexibility index (Phi) is 2.62. The summed E-state index contributed by atoms with van der Waals surface area (Å²) in [5, 5.41) is -2.54. The van der Waals surface area contributed by atoms with Gasteiger partial charge in [0.05, 0.1) is 31.4 Å². The molecule has 0 aromatic rings. The van der Waals surface area contributed by atoms with Gasteiger partial charge in [0, 0.05) is 0 Å². The van der Waals surface area contributed by atoms with E-state index >= 15 is 0 Å². The highest BCUT2D eigenvalue weighted by atomic mass is 14.7. The van der Waals surface area contributed by atoms with Gasteiger partial charge in [-0.3, -0.25) is 0 Å². The lowest BCUT2D eigenvalue weighted by atomic mass is 9.31. The largest absolute Gasteiger partial charge is 0.328 e. The Morgan fingerprint density at radius 3 is 2.00 bits per heavy atom. The Bertz CT molecular complexity index is 258. The maximum absolute atomic E-state index is 5.66. The van der Waals surface area contributed by atoms with Crippen LogP contribution in [0.1, 0.15) is 6.42 Å². The zero-order chi connectivity index (χ0) is 10.4. The van der Waals surface area contributed by atoms with E-state index in [1.165, 1.54) is 0 Å². The smallest absolute Gasteiger partial charge is 0.105 e. The van der Waals surface area contributed by atoms with Crippen LogP contribution in [-0.2, 0) is 0 Å². The van der Waals surface area contributed by atoms with Gasteiger partial charge in [0.15, 0.2) is 0 Å². The number of hydrogen-bond donors (Lipinski definition) is 1. The lowest BCUT2D eigenvalue weighted by Gasteiger charge is -2.48. The first kappa shape index (κ1) is 11.2. The number of rotatable bonds is 0. The molecule has 1 nitrogen and oxygen atoms in total. The van der Waals surface area contributed by atoms with Gasteiger partial charge in [0.1, 0.15) is 15.7 Å². The second-order valence-corrected chi connectivity index (χ2v) is 3.61.